The van der Waals surface area contributed by atoms with Gasteiger partial charge in [0, 0.05) is 11.8 Å². The average molecular weight is 179 g/mol. The number of ether oxygens (including phenoxy) is 1. The van der Waals surface area contributed by atoms with Crippen molar-refractivity contribution in [1.82, 2.24) is 4.98 Å². The fourth-order valence-electron chi connectivity index (χ4n) is 1.36. The van der Waals surface area contributed by atoms with E-state index in [9.17, 15) is 0 Å². The molecular weight excluding hydrogens is 162 g/mol. The maximum absolute atomic E-state index is 5.42. The van der Waals surface area contributed by atoms with Crippen molar-refractivity contribution in [3.63, 3.8) is 0 Å². The van der Waals surface area contributed by atoms with Crippen LogP contribution < -0.4 is 4.74 Å². The van der Waals surface area contributed by atoms with Crippen molar-refractivity contribution < 1.29 is 4.74 Å². The van der Waals surface area contributed by atoms with Gasteiger partial charge in [-0.1, -0.05) is 26.8 Å². The van der Waals surface area contributed by atoms with Crippen molar-refractivity contribution in [1.29, 1.82) is 0 Å². The minimum Gasteiger partial charge on any atom is -0.477 e. The molecule has 0 bridgehead atoms. The molecule has 13 heavy (non-hydrogen) atoms. The maximum atomic E-state index is 5.42. The van der Waals surface area contributed by atoms with Crippen LogP contribution in [-0.2, 0) is 6.42 Å². The first kappa shape index (κ1) is 10.0. The minimum absolute atomic E-state index is 0.631. The van der Waals surface area contributed by atoms with Gasteiger partial charge in [-0.05, 0) is 18.4 Å². The Kier molecular flexibility index (Phi) is 3.74. The molecule has 1 aromatic rings. The highest BCUT2D eigenvalue weighted by atomic mass is 16.5. The van der Waals surface area contributed by atoms with Gasteiger partial charge in [0.15, 0.2) is 0 Å². The van der Waals surface area contributed by atoms with Crippen molar-refractivity contribution in [3.05, 3.63) is 23.9 Å². The van der Waals surface area contributed by atoms with Gasteiger partial charge in [0.25, 0.3) is 0 Å². The molecule has 1 aromatic heterocycles. The molecule has 0 N–H and O–H groups in total. The Bertz CT molecular complexity index is 260. The van der Waals surface area contributed by atoms with E-state index in [1.54, 1.807) is 6.20 Å². The first-order valence-electron chi connectivity index (χ1n) is 4.93. The van der Waals surface area contributed by atoms with Gasteiger partial charge in [0.2, 0.25) is 5.88 Å². The minimum atomic E-state index is 0.631. The summed E-state index contributed by atoms with van der Waals surface area (Å²) in [6.07, 6.45) is 2.87. The molecule has 0 saturated carbocycles. The molecule has 0 saturated heterocycles. The van der Waals surface area contributed by atoms with Gasteiger partial charge in [-0.2, -0.15) is 0 Å². The lowest BCUT2D eigenvalue weighted by atomic mass is 10.0. The molecular formula is C11H17NO. The van der Waals surface area contributed by atoms with Crippen LogP contribution in [0.5, 0.6) is 5.88 Å². The number of hydrogen-bond donors (Lipinski definition) is 0. The van der Waals surface area contributed by atoms with Crippen molar-refractivity contribution in [2.24, 2.45) is 5.92 Å². The van der Waals surface area contributed by atoms with Crippen LogP contribution in [0.1, 0.15) is 26.3 Å². The third-order valence-electron chi connectivity index (χ3n) is 1.92. The number of rotatable bonds is 0. The summed E-state index contributed by atoms with van der Waals surface area (Å²) in [4.78, 5) is 4.13. The Balaban J connectivity index is 0.000000396. The maximum Gasteiger partial charge on any atom is 0.216 e. The molecule has 0 aliphatic carbocycles. The summed E-state index contributed by atoms with van der Waals surface area (Å²) in [5.74, 6) is 1.46. The number of pyridine rings is 1. The summed E-state index contributed by atoms with van der Waals surface area (Å²) in [6, 6.07) is 4.04. The van der Waals surface area contributed by atoms with Gasteiger partial charge in [0.1, 0.15) is 0 Å². The van der Waals surface area contributed by atoms with Gasteiger partial charge < -0.3 is 4.74 Å². The van der Waals surface area contributed by atoms with E-state index in [0.29, 0.717) is 5.92 Å². The van der Waals surface area contributed by atoms with Crippen molar-refractivity contribution >= 4 is 0 Å². The second kappa shape index (κ2) is 4.85. The predicted octanol–water partition coefficient (Wildman–Crippen LogP) is 2.68. The van der Waals surface area contributed by atoms with E-state index in [-0.39, 0.29) is 0 Å². The standard InChI is InChI=1S/C9H11NO.C2H6/c1-7-5-8-3-2-4-10-9(8)11-6-7;1-2/h2-4,7H,5-6H2,1H3;1-2H3. The topological polar surface area (TPSA) is 22.1 Å². The van der Waals surface area contributed by atoms with E-state index in [0.717, 1.165) is 18.9 Å². The molecule has 0 amide bonds. The van der Waals surface area contributed by atoms with Gasteiger partial charge in [-0.15, -0.1) is 0 Å². The molecule has 0 radical (unpaired) electrons. The van der Waals surface area contributed by atoms with Crippen molar-refractivity contribution in [3.8, 4) is 5.88 Å². The summed E-state index contributed by atoms with van der Waals surface area (Å²) in [6.45, 7) is 7.00. The van der Waals surface area contributed by atoms with Crippen LogP contribution in [0, 0.1) is 5.92 Å². The average Bonchev–Trinajstić information content (AvgIpc) is 2.21. The zero-order valence-electron chi connectivity index (χ0n) is 8.58. The molecule has 2 nitrogen and oxygen atoms in total. The molecule has 2 heteroatoms. The third kappa shape index (κ3) is 2.44. The number of aromatic nitrogens is 1. The van der Waals surface area contributed by atoms with Crippen molar-refractivity contribution in [2.45, 2.75) is 27.2 Å². The zero-order chi connectivity index (χ0) is 9.68. The van der Waals surface area contributed by atoms with Gasteiger partial charge in [-0.3, -0.25) is 0 Å². The van der Waals surface area contributed by atoms with E-state index < -0.39 is 0 Å². The third-order valence-corrected chi connectivity index (χ3v) is 1.92. The second-order valence-corrected chi connectivity index (χ2v) is 3.09. The van der Waals surface area contributed by atoms with E-state index in [4.69, 9.17) is 4.74 Å². The van der Waals surface area contributed by atoms with E-state index in [1.807, 2.05) is 19.9 Å². The van der Waals surface area contributed by atoms with Crippen LogP contribution in [0.25, 0.3) is 0 Å². The van der Waals surface area contributed by atoms with Crippen LogP contribution in [0.3, 0.4) is 0 Å². The van der Waals surface area contributed by atoms with Crippen LogP contribution in [0.15, 0.2) is 18.3 Å². The quantitative estimate of drug-likeness (QED) is 0.611. The first-order chi connectivity index (χ1) is 6.36. The van der Waals surface area contributed by atoms with E-state index in [2.05, 4.69) is 18.0 Å². The fourth-order valence-corrected chi connectivity index (χ4v) is 1.36. The Morgan fingerprint density at radius 2 is 2.23 bits per heavy atom. The molecule has 0 spiro atoms. The molecule has 72 valence electrons. The lowest BCUT2D eigenvalue weighted by molar-refractivity contribution is 0.224. The summed E-state index contributed by atoms with van der Waals surface area (Å²) in [5.41, 5.74) is 1.24. The molecule has 1 aliphatic heterocycles. The Labute approximate surface area is 80.0 Å². The van der Waals surface area contributed by atoms with Gasteiger partial charge in [-0.25, -0.2) is 4.98 Å². The first-order valence-corrected chi connectivity index (χ1v) is 4.93. The Morgan fingerprint density at radius 1 is 1.46 bits per heavy atom. The molecule has 1 unspecified atom stereocenters. The molecule has 1 atom stereocenters. The highest BCUT2D eigenvalue weighted by Crippen LogP contribution is 2.23. The molecule has 0 aromatic carbocycles. The zero-order valence-corrected chi connectivity index (χ0v) is 8.58. The second-order valence-electron chi connectivity index (χ2n) is 3.09. The fraction of sp³-hybridized carbons (Fsp3) is 0.545. The normalized spacial score (nSPS) is 19.2. The van der Waals surface area contributed by atoms with Crippen molar-refractivity contribution in [2.75, 3.05) is 6.61 Å². The van der Waals surface area contributed by atoms with E-state index >= 15 is 0 Å². The lowest BCUT2D eigenvalue weighted by Gasteiger charge is -2.20. The molecule has 1 aliphatic rings. The summed E-state index contributed by atoms with van der Waals surface area (Å²) < 4.78 is 5.42. The SMILES string of the molecule is CC.CC1COc2ncccc2C1. The smallest absolute Gasteiger partial charge is 0.216 e. The highest BCUT2D eigenvalue weighted by molar-refractivity contribution is 5.27. The number of fused-ring (bicyclic) bond motifs is 1. The van der Waals surface area contributed by atoms with Crippen LogP contribution >= 0.6 is 0 Å². The van der Waals surface area contributed by atoms with E-state index in [1.165, 1.54) is 5.56 Å². The summed E-state index contributed by atoms with van der Waals surface area (Å²) in [5, 5.41) is 0. The molecule has 0 fully saturated rings. The Morgan fingerprint density at radius 3 is 3.00 bits per heavy atom. The predicted molar refractivity (Wildman–Crippen MR) is 53.9 cm³/mol. The van der Waals surface area contributed by atoms with Crippen LogP contribution in [0.4, 0.5) is 0 Å². The highest BCUT2D eigenvalue weighted by Gasteiger charge is 2.15. The number of hydrogen-bond acceptors (Lipinski definition) is 2. The molecule has 2 rings (SSSR count). The van der Waals surface area contributed by atoms with Gasteiger partial charge >= 0.3 is 0 Å². The summed E-state index contributed by atoms with van der Waals surface area (Å²) >= 11 is 0. The monoisotopic (exact) mass is 179 g/mol. The summed E-state index contributed by atoms with van der Waals surface area (Å²) in [7, 11) is 0. The van der Waals surface area contributed by atoms with Crippen LogP contribution in [0.2, 0.25) is 0 Å². The largest absolute Gasteiger partial charge is 0.477 e. The molecule has 2 heterocycles. The van der Waals surface area contributed by atoms with Crippen LogP contribution in [-0.4, -0.2) is 11.6 Å². The number of nitrogens with zero attached hydrogens (tertiary/aromatic N) is 1. The lowest BCUT2D eigenvalue weighted by Crippen LogP contribution is -2.18. The van der Waals surface area contributed by atoms with Gasteiger partial charge in [0.05, 0.1) is 6.61 Å². The Hall–Kier alpha value is -1.05.